The number of halogens is 1. The molecule has 4 fully saturated rings. The van der Waals surface area contributed by atoms with Crippen LogP contribution in [0.1, 0.15) is 79.6 Å². The fraction of sp³-hybridized carbons (Fsp3) is 0.875. The van der Waals surface area contributed by atoms with Gasteiger partial charge in [0.2, 0.25) is 0 Å². The SMILES string of the molecule is CC(=O)O[C@@]1(C(C)=O)CC[C@H]2[C@@H]3C[C@H](C)[C@@H]4CC(=O)CC[C@]4(C)[C@@]3(F)[C@@H](O)C[C@@]21C. The average Bonchev–Trinajstić information content (AvgIpc) is 2.92. The minimum absolute atomic E-state index is 0.0774. The van der Waals surface area contributed by atoms with Gasteiger partial charge in [-0.1, -0.05) is 20.8 Å². The first kappa shape index (κ1) is 21.9. The number of carbonyl (C=O) groups is 3. The second-order valence-electron chi connectivity index (χ2n) is 11.1. The van der Waals surface area contributed by atoms with E-state index < -0.39 is 40.1 Å². The molecular weight excluding hydrogens is 387 g/mol. The molecule has 0 heterocycles. The van der Waals surface area contributed by atoms with Crippen molar-refractivity contribution < 1.29 is 28.6 Å². The van der Waals surface area contributed by atoms with E-state index >= 15 is 4.39 Å². The third-order valence-electron chi connectivity index (χ3n) is 9.94. The standard InChI is InChI=1S/C24H35FO5/c1-13-10-19-17-7-9-23(14(2)26,30-15(3)27)22(17,5)12-20(29)24(19,25)21(4)8-6-16(28)11-18(13)21/h13,17-20,29H,6-12H2,1-5H3/t13-,17-,18-,19-,20-,21-,22-,23+,24-/m0/s1. The number of Topliss-reactive ketones (excluding diaryl/α,β-unsaturated/α-hetero) is 2. The average molecular weight is 423 g/mol. The van der Waals surface area contributed by atoms with Gasteiger partial charge in [-0.3, -0.25) is 14.4 Å². The van der Waals surface area contributed by atoms with Crippen LogP contribution in [-0.4, -0.2) is 40.0 Å². The van der Waals surface area contributed by atoms with E-state index in [1.807, 2.05) is 13.8 Å². The maximum absolute atomic E-state index is 17.2. The second kappa shape index (κ2) is 6.60. The van der Waals surface area contributed by atoms with Crippen molar-refractivity contribution in [3.63, 3.8) is 0 Å². The summed E-state index contributed by atoms with van der Waals surface area (Å²) in [6.07, 6.45) is 1.57. The van der Waals surface area contributed by atoms with Crippen molar-refractivity contribution in [2.75, 3.05) is 0 Å². The summed E-state index contributed by atoms with van der Waals surface area (Å²) in [4.78, 5) is 36.9. The molecule has 0 aromatic rings. The molecular formula is C24H35FO5. The highest BCUT2D eigenvalue weighted by Gasteiger charge is 2.76. The summed E-state index contributed by atoms with van der Waals surface area (Å²) in [5, 5.41) is 11.4. The molecule has 0 aliphatic heterocycles. The summed E-state index contributed by atoms with van der Waals surface area (Å²) < 4.78 is 22.9. The summed E-state index contributed by atoms with van der Waals surface area (Å²) in [7, 11) is 0. The molecule has 0 unspecified atom stereocenters. The van der Waals surface area contributed by atoms with Gasteiger partial charge in [0.05, 0.1) is 6.10 Å². The van der Waals surface area contributed by atoms with Gasteiger partial charge in [0.25, 0.3) is 0 Å². The first-order chi connectivity index (χ1) is 13.8. The van der Waals surface area contributed by atoms with E-state index in [1.165, 1.54) is 13.8 Å². The Bertz CT molecular complexity index is 796. The maximum atomic E-state index is 17.2. The quantitative estimate of drug-likeness (QED) is 0.685. The van der Waals surface area contributed by atoms with Gasteiger partial charge < -0.3 is 9.84 Å². The fourth-order valence-electron chi connectivity index (χ4n) is 8.54. The van der Waals surface area contributed by atoms with Crippen LogP contribution in [0.25, 0.3) is 0 Å². The van der Waals surface area contributed by atoms with Gasteiger partial charge in [0, 0.05) is 30.6 Å². The van der Waals surface area contributed by atoms with Crippen molar-refractivity contribution in [2.45, 2.75) is 96.9 Å². The number of hydrogen-bond donors (Lipinski definition) is 1. The van der Waals surface area contributed by atoms with Gasteiger partial charge in [-0.05, 0) is 62.7 Å². The van der Waals surface area contributed by atoms with Crippen molar-refractivity contribution in [2.24, 2.45) is 34.5 Å². The van der Waals surface area contributed by atoms with Crippen molar-refractivity contribution in [3.05, 3.63) is 0 Å². The normalized spacial score (nSPS) is 52.8. The van der Waals surface area contributed by atoms with E-state index in [0.717, 1.165) is 0 Å². The smallest absolute Gasteiger partial charge is 0.303 e. The number of aliphatic hydroxyl groups is 1. The van der Waals surface area contributed by atoms with Crippen molar-refractivity contribution in [3.8, 4) is 0 Å². The highest BCUT2D eigenvalue weighted by Crippen LogP contribution is 2.72. The molecule has 5 nitrogen and oxygen atoms in total. The number of esters is 1. The van der Waals surface area contributed by atoms with Crippen LogP contribution in [0.2, 0.25) is 0 Å². The molecule has 0 amide bonds. The molecule has 9 atom stereocenters. The molecule has 0 spiro atoms. The fourth-order valence-corrected chi connectivity index (χ4v) is 8.54. The Morgan fingerprint density at radius 1 is 1.10 bits per heavy atom. The van der Waals surface area contributed by atoms with Gasteiger partial charge in [0.1, 0.15) is 11.5 Å². The molecule has 0 saturated heterocycles. The number of fused-ring (bicyclic) bond motifs is 5. The molecule has 0 aromatic heterocycles. The van der Waals surface area contributed by atoms with Gasteiger partial charge in [-0.25, -0.2) is 4.39 Å². The van der Waals surface area contributed by atoms with E-state index in [9.17, 15) is 19.5 Å². The predicted molar refractivity (Wildman–Crippen MR) is 108 cm³/mol. The van der Waals surface area contributed by atoms with Crippen LogP contribution < -0.4 is 0 Å². The molecule has 1 N–H and O–H groups in total. The molecule has 0 bridgehead atoms. The van der Waals surface area contributed by atoms with E-state index in [4.69, 9.17) is 4.74 Å². The zero-order valence-corrected chi connectivity index (χ0v) is 18.8. The van der Waals surface area contributed by atoms with E-state index in [-0.39, 0.29) is 35.7 Å². The van der Waals surface area contributed by atoms with Crippen molar-refractivity contribution in [1.29, 1.82) is 0 Å². The monoisotopic (exact) mass is 422 g/mol. The Morgan fingerprint density at radius 3 is 2.37 bits per heavy atom. The summed E-state index contributed by atoms with van der Waals surface area (Å²) >= 11 is 0. The molecule has 4 aliphatic carbocycles. The molecule has 30 heavy (non-hydrogen) atoms. The minimum atomic E-state index is -1.81. The Labute approximate surface area is 178 Å². The number of ketones is 2. The number of alkyl halides is 1. The van der Waals surface area contributed by atoms with Crippen molar-refractivity contribution in [1.82, 2.24) is 0 Å². The molecule has 4 aliphatic rings. The Hall–Kier alpha value is -1.30. The van der Waals surface area contributed by atoms with Crippen LogP contribution in [0.5, 0.6) is 0 Å². The van der Waals surface area contributed by atoms with Gasteiger partial charge in [0.15, 0.2) is 11.4 Å². The Morgan fingerprint density at radius 2 is 1.77 bits per heavy atom. The number of rotatable bonds is 2. The first-order valence-corrected chi connectivity index (χ1v) is 11.4. The summed E-state index contributed by atoms with van der Waals surface area (Å²) in [5.74, 6) is -1.06. The highest BCUT2D eigenvalue weighted by atomic mass is 19.1. The van der Waals surface area contributed by atoms with Crippen LogP contribution in [0.3, 0.4) is 0 Å². The number of aliphatic hydroxyl groups excluding tert-OH is 1. The van der Waals surface area contributed by atoms with E-state index in [1.54, 1.807) is 0 Å². The minimum Gasteiger partial charge on any atom is -0.451 e. The number of ether oxygens (including phenoxy) is 1. The molecule has 0 radical (unpaired) electrons. The van der Waals surface area contributed by atoms with E-state index in [2.05, 4.69) is 6.92 Å². The first-order valence-electron chi connectivity index (χ1n) is 11.4. The lowest BCUT2D eigenvalue weighted by Gasteiger charge is -2.66. The van der Waals surface area contributed by atoms with Crippen LogP contribution in [0.15, 0.2) is 0 Å². The third kappa shape index (κ3) is 2.46. The van der Waals surface area contributed by atoms with Crippen LogP contribution in [0, 0.1) is 34.5 Å². The van der Waals surface area contributed by atoms with Gasteiger partial charge in [-0.2, -0.15) is 0 Å². The Kier molecular flexibility index (Phi) is 4.82. The molecule has 4 rings (SSSR count). The molecule has 6 heteroatoms. The third-order valence-corrected chi connectivity index (χ3v) is 9.94. The summed E-state index contributed by atoms with van der Waals surface area (Å²) in [6, 6.07) is 0. The zero-order chi connectivity index (χ0) is 22.3. The van der Waals surface area contributed by atoms with Gasteiger partial charge >= 0.3 is 5.97 Å². The van der Waals surface area contributed by atoms with Crippen LogP contribution in [-0.2, 0) is 19.1 Å². The van der Waals surface area contributed by atoms with Crippen molar-refractivity contribution >= 4 is 17.5 Å². The topological polar surface area (TPSA) is 80.7 Å². The number of carbonyl (C=O) groups excluding carboxylic acids is 3. The lowest BCUT2D eigenvalue weighted by Crippen LogP contribution is -2.72. The largest absolute Gasteiger partial charge is 0.451 e. The second-order valence-corrected chi connectivity index (χ2v) is 11.1. The molecule has 168 valence electrons. The van der Waals surface area contributed by atoms with E-state index in [0.29, 0.717) is 38.5 Å². The highest BCUT2D eigenvalue weighted by molar-refractivity contribution is 5.89. The van der Waals surface area contributed by atoms with Crippen LogP contribution in [0.4, 0.5) is 4.39 Å². The zero-order valence-electron chi connectivity index (χ0n) is 18.8. The lowest BCUT2D eigenvalue weighted by atomic mass is 9.40. The van der Waals surface area contributed by atoms with Crippen LogP contribution >= 0.6 is 0 Å². The lowest BCUT2D eigenvalue weighted by molar-refractivity contribution is -0.264. The summed E-state index contributed by atoms with van der Waals surface area (Å²) in [6.45, 7) is 8.67. The summed E-state index contributed by atoms with van der Waals surface area (Å²) in [5.41, 5.74) is -4.70. The predicted octanol–water partition coefficient (Wildman–Crippen LogP) is 3.80. The maximum Gasteiger partial charge on any atom is 0.303 e. The Balaban J connectivity index is 1.81. The number of hydrogen-bond acceptors (Lipinski definition) is 5. The molecule has 0 aromatic carbocycles. The molecule has 4 saturated carbocycles. The van der Waals surface area contributed by atoms with Gasteiger partial charge in [-0.15, -0.1) is 0 Å².